The Kier molecular flexibility index (Phi) is 6.81. The van der Waals surface area contributed by atoms with E-state index in [0.717, 1.165) is 12.1 Å². The van der Waals surface area contributed by atoms with Gasteiger partial charge in [-0.25, -0.2) is 0 Å². The average molecular weight is 338 g/mol. The number of rotatable bonds is 7. The summed E-state index contributed by atoms with van der Waals surface area (Å²) in [6.45, 7) is 3.06. The number of aliphatic hydroxyl groups is 1. The van der Waals surface area contributed by atoms with E-state index >= 15 is 0 Å². The third kappa shape index (κ3) is 5.25. The van der Waals surface area contributed by atoms with E-state index in [0.29, 0.717) is 5.56 Å². The van der Waals surface area contributed by atoms with Gasteiger partial charge in [-0.05, 0) is 43.2 Å². The summed E-state index contributed by atoms with van der Waals surface area (Å²) in [6.07, 6.45) is -3.16. The minimum Gasteiger partial charge on any atom is -0.392 e. The Balaban J connectivity index is 3.11. The minimum atomic E-state index is -4.49. The van der Waals surface area contributed by atoms with Crippen LogP contribution >= 0.6 is 7.60 Å². The van der Waals surface area contributed by atoms with Crippen molar-refractivity contribution >= 4 is 13.7 Å². The van der Waals surface area contributed by atoms with Crippen LogP contribution in [0.1, 0.15) is 30.5 Å². The van der Waals surface area contributed by atoms with E-state index in [2.05, 4.69) is 0 Å². The second-order valence-corrected chi connectivity index (χ2v) is 6.15. The predicted molar refractivity (Wildman–Crippen MR) is 77.3 cm³/mol. The predicted octanol–water partition coefficient (Wildman–Crippen LogP) is 4.43. The van der Waals surface area contributed by atoms with Gasteiger partial charge in [0.2, 0.25) is 0 Å². The number of hydrogen-bond donors (Lipinski definition) is 1. The largest absolute Gasteiger partial charge is 0.416 e. The topological polar surface area (TPSA) is 55.8 Å². The highest BCUT2D eigenvalue weighted by molar-refractivity contribution is 7.57. The van der Waals surface area contributed by atoms with Crippen molar-refractivity contribution in [3.05, 3.63) is 40.7 Å². The average Bonchev–Trinajstić information content (AvgIpc) is 2.44. The van der Waals surface area contributed by atoms with Crippen LogP contribution in [0.4, 0.5) is 13.2 Å². The van der Waals surface area contributed by atoms with Gasteiger partial charge in [-0.1, -0.05) is 6.07 Å². The molecule has 0 bridgehead atoms. The molecule has 0 aliphatic heterocycles. The molecule has 0 aliphatic carbocycles. The van der Waals surface area contributed by atoms with Crippen molar-refractivity contribution in [3.63, 3.8) is 0 Å². The molecule has 1 aromatic carbocycles. The Hall–Kier alpha value is -1.14. The Morgan fingerprint density at radius 1 is 1.23 bits per heavy atom. The van der Waals surface area contributed by atoms with E-state index in [-0.39, 0.29) is 18.8 Å². The van der Waals surface area contributed by atoms with E-state index in [4.69, 9.17) is 9.05 Å². The maximum atomic E-state index is 12.6. The second kappa shape index (κ2) is 7.92. The quantitative estimate of drug-likeness (QED) is 0.747. The lowest BCUT2D eigenvalue weighted by Gasteiger charge is -2.13. The van der Waals surface area contributed by atoms with Crippen LogP contribution in [0.15, 0.2) is 24.0 Å². The summed E-state index contributed by atoms with van der Waals surface area (Å²) in [5.74, 6) is 1.18. The molecule has 0 aromatic heterocycles. The highest BCUT2D eigenvalue weighted by atomic mass is 31.2. The van der Waals surface area contributed by atoms with Crippen LogP contribution in [0.25, 0.3) is 6.08 Å². The molecule has 0 saturated heterocycles. The van der Waals surface area contributed by atoms with Gasteiger partial charge in [0.15, 0.2) is 0 Å². The number of benzene rings is 1. The first-order valence-corrected chi connectivity index (χ1v) is 8.26. The summed E-state index contributed by atoms with van der Waals surface area (Å²) < 4.78 is 60.2. The molecule has 0 fully saturated rings. The van der Waals surface area contributed by atoms with Gasteiger partial charge in [0.25, 0.3) is 0 Å². The zero-order valence-electron chi connectivity index (χ0n) is 12.3. The molecule has 0 radical (unpaired) electrons. The zero-order chi connectivity index (χ0) is 16.8. The Labute approximate surface area is 127 Å². The van der Waals surface area contributed by atoms with Gasteiger partial charge in [-0.2, -0.15) is 13.2 Å². The third-order valence-corrected chi connectivity index (χ3v) is 4.45. The van der Waals surface area contributed by atoms with Gasteiger partial charge in [0.05, 0.1) is 25.4 Å². The fourth-order valence-electron chi connectivity index (χ4n) is 1.74. The molecule has 0 spiro atoms. The van der Waals surface area contributed by atoms with Crippen LogP contribution < -0.4 is 0 Å². The summed E-state index contributed by atoms with van der Waals surface area (Å²) >= 11 is 0. The standard InChI is InChI=1S/C14H18F3O4P/c1-3-20-22(19,21-4-2)8-7-11-5-6-13(14(15,16)17)9-12(11)10-18/h5-9,18H,3-4,10H2,1-2H3. The van der Waals surface area contributed by atoms with E-state index in [1.165, 1.54) is 18.0 Å². The van der Waals surface area contributed by atoms with Crippen LogP contribution in [0.5, 0.6) is 0 Å². The fourth-order valence-corrected chi connectivity index (χ4v) is 3.05. The van der Waals surface area contributed by atoms with E-state index in [9.17, 15) is 22.8 Å². The van der Waals surface area contributed by atoms with Crippen LogP contribution in [-0.2, 0) is 26.4 Å². The molecule has 22 heavy (non-hydrogen) atoms. The first-order chi connectivity index (χ1) is 10.3. The summed E-state index contributed by atoms with van der Waals surface area (Å²) in [5, 5.41) is 9.21. The summed E-state index contributed by atoms with van der Waals surface area (Å²) in [6, 6.07) is 2.95. The highest BCUT2D eigenvalue weighted by Crippen LogP contribution is 2.50. The SMILES string of the molecule is CCOP(=O)(C=Cc1ccc(C(F)(F)F)cc1CO)OCC. The van der Waals surface area contributed by atoms with Crippen molar-refractivity contribution in [1.29, 1.82) is 0 Å². The Bertz CT molecular complexity index is 560. The first-order valence-electron chi connectivity index (χ1n) is 6.64. The van der Waals surface area contributed by atoms with Crippen LogP contribution in [0, 0.1) is 0 Å². The molecule has 124 valence electrons. The van der Waals surface area contributed by atoms with Crippen LogP contribution in [0.2, 0.25) is 0 Å². The van der Waals surface area contributed by atoms with Crippen molar-refractivity contribution in [1.82, 2.24) is 0 Å². The van der Waals surface area contributed by atoms with Crippen molar-refractivity contribution < 1.29 is 31.9 Å². The van der Waals surface area contributed by atoms with Gasteiger partial charge in [0.1, 0.15) is 0 Å². The molecule has 4 nitrogen and oxygen atoms in total. The molecular formula is C14H18F3O4P. The van der Waals surface area contributed by atoms with Crippen molar-refractivity contribution in [3.8, 4) is 0 Å². The second-order valence-electron chi connectivity index (χ2n) is 4.26. The molecule has 0 atom stereocenters. The summed E-state index contributed by atoms with van der Waals surface area (Å²) in [7, 11) is -3.44. The lowest BCUT2D eigenvalue weighted by Crippen LogP contribution is -2.06. The molecule has 0 saturated carbocycles. The molecule has 0 unspecified atom stereocenters. The lowest BCUT2D eigenvalue weighted by atomic mass is 10.0. The Morgan fingerprint density at radius 2 is 1.82 bits per heavy atom. The van der Waals surface area contributed by atoms with E-state index < -0.39 is 25.9 Å². The summed E-state index contributed by atoms with van der Waals surface area (Å²) in [4.78, 5) is 0. The lowest BCUT2D eigenvalue weighted by molar-refractivity contribution is -0.137. The minimum absolute atomic E-state index is 0.0746. The number of alkyl halides is 3. The maximum Gasteiger partial charge on any atom is 0.416 e. The van der Waals surface area contributed by atoms with Crippen LogP contribution in [-0.4, -0.2) is 18.3 Å². The fraction of sp³-hybridized carbons (Fsp3) is 0.429. The van der Waals surface area contributed by atoms with Gasteiger partial charge in [0, 0.05) is 5.82 Å². The molecule has 0 amide bonds. The number of hydrogen-bond acceptors (Lipinski definition) is 4. The summed E-state index contributed by atoms with van der Waals surface area (Å²) in [5.41, 5.74) is -0.466. The molecule has 1 aromatic rings. The smallest absolute Gasteiger partial charge is 0.392 e. The third-order valence-electron chi connectivity index (χ3n) is 2.70. The Morgan fingerprint density at radius 3 is 2.27 bits per heavy atom. The van der Waals surface area contributed by atoms with Crippen LogP contribution in [0.3, 0.4) is 0 Å². The molecule has 8 heteroatoms. The molecule has 0 heterocycles. The molecule has 0 aliphatic rings. The maximum absolute atomic E-state index is 12.6. The van der Waals surface area contributed by atoms with Crippen molar-refractivity contribution in [2.24, 2.45) is 0 Å². The van der Waals surface area contributed by atoms with E-state index in [1.807, 2.05) is 0 Å². The van der Waals surface area contributed by atoms with Gasteiger partial charge in [-0.15, -0.1) is 0 Å². The number of halogens is 3. The number of aliphatic hydroxyl groups excluding tert-OH is 1. The zero-order valence-corrected chi connectivity index (χ0v) is 13.2. The molecule has 1 rings (SSSR count). The van der Waals surface area contributed by atoms with Gasteiger partial charge >= 0.3 is 13.8 Å². The monoisotopic (exact) mass is 338 g/mol. The highest BCUT2D eigenvalue weighted by Gasteiger charge is 2.30. The van der Waals surface area contributed by atoms with Gasteiger partial charge in [-0.3, -0.25) is 4.57 Å². The van der Waals surface area contributed by atoms with Gasteiger partial charge < -0.3 is 14.2 Å². The van der Waals surface area contributed by atoms with Crippen molar-refractivity contribution in [2.75, 3.05) is 13.2 Å². The molecule has 1 N–H and O–H groups in total. The first kappa shape index (κ1) is 18.9. The van der Waals surface area contributed by atoms with E-state index in [1.54, 1.807) is 13.8 Å². The normalized spacial score (nSPS) is 13.0. The van der Waals surface area contributed by atoms with Crippen molar-refractivity contribution in [2.45, 2.75) is 26.6 Å². The molecular weight excluding hydrogens is 320 g/mol.